The summed E-state index contributed by atoms with van der Waals surface area (Å²) in [5.41, 5.74) is 7.48. The number of aryl methyl sites for hydroxylation is 4. The Morgan fingerprint density at radius 1 is 0.806 bits per heavy atom. The van der Waals surface area contributed by atoms with Gasteiger partial charge in [-0.25, -0.2) is 4.79 Å². The van der Waals surface area contributed by atoms with E-state index in [-0.39, 0.29) is 11.2 Å². The Labute approximate surface area is 208 Å². The van der Waals surface area contributed by atoms with Gasteiger partial charge in [-0.05, 0) is 49.6 Å². The second-order valence-electron chi connectivity index (χ2n) is 9.70. The fourth-order valence-electron chi connectivity index (χ4n) is 5.42. The summed E-state index contributed by atoms with van der Waals surface area (Å²) in [6, 6.07) is 22.3. The number of rotatable bonds is 2. The van der Waals surface area contributed by atoms with Gasteiger partial charge < -0.3 is 9.30 Å². The third-order valence-corrected chi connectivity index (χ3v) is 7.20. The van der Waals surface area contributed by atoms with E-state index in [1.807, 2.05) is 75.4 Å². The van der Waals surface area contributed by atoms with E-state index in [4.69, 9.17) is 4.74 Å². The van der Waals surface area contributed by atoms with Crippen molar-refractivity contribution in [1.82, 2.24) is 13.7 Å². The molecule has 1 aliphatic rings. The van der Waals surface area contributed by atoms with Gasteiger partial charge in [0.15, 0.2) is 6.10 Å². The first-order chi connectivity index (χ1) is 17.3. The number of ether oxygens (including phenoxy) is 1. The molecule has 2 aromatic heterocycles. The largest absolute Gasteiger partial charge is 0.477 e. The van der Waals surface area contributed by atoms with Gasteiger partial charge in [-0.3, -0.25) is 13.9 Å². The molecule has 3 heterocycles. The fraction of sp³-hybridized carbons (Fsp3) is 0.200. The van der Waals surface area contributed by atoms with Gasteiger partial charge >= 0.3 is 5.69 Å². The summed E-state index contributed by atoms with van der Waals surface area (Å²) in [7, 11) is 3.26. The van der Waals surface area contributed by atoms with Crippen LogP contribution in [0.2, 0.25) is 0 Å². The molecule has 6 heteroatoms. The van der Waals surface area contributed by atoms with E-state index < -0.39 is 6.10 Å². The number of fused-ring (bicyclic) bond motifs is 5. The first-order valence-corrected chi connectivity index (χ1v) is 12.0. The van der Waals surface area contributed by atoms with E-state index in [0.29, 0.717) is 10.9 Å². The number of aromatic nitrogens is 3. The number of hydrogen-bond donors (Lipinski definition) is 0. The van der Waals surface area contributed by atoms with E-state index >= 15 is 0 Å². The van der Waals surface area contributed by atoms with Gasteiger partial charge in [-0.15, -0.1) is 0 Å². The third-order valence-electron chi connectivity index (χ3n) is 7.20. The highest BCUT2D eigenvalue weighted by Crippen LogP contribution is 2.47. The summed E-state index contributed by atoms with van der Waals surface area (Å²) < 4.78 is 11.6. The van der Waals surface area contributed by atoms with Crippen molar-refractivity contribution in [1.29, 1.82) is 0 Å². The van der Waals surface area contributed by atoms with Crippen LogP contribution < -0.4 is 16.0 Å². The molecule has 0 radical (unpaired) electrons. The van der Waals surface area contributed by atoms with Crippen LogP contribution in [0.1, 0.15) is 34.1 Å². The van der Waals surface area contributed by atoms with Crippen LogP contribution in [-0.2, 0) is 14.1 Å². The van der Waals surface area contributed by atoms with Gasteiger partial charge in [0.1, 0.15) is 5.75 Å². The van der Waals surface area contributed by atoms with Gasteiger partial charge in [0, 0.05) is 19.7 Å². The van der Waals surface area contributed by atoms with Crippen molar-refractivity contribution in [3.05, 3.63) is 116 Å². The summed E-state index contributed by atoms with van der Waals surface area (Å²) in [6.45, 7) is 6.13. The van der Waals surface area contributed by atoms with Crippen LogP contribution in [0, 0.1) is 20.8 Å². The van der Waals surface area contributed by atoms with Crippen molar-refractivity contribution in [3.63, 3.8) is 0 Å². The normalized spacial score (nSPS) is 14.4. The average molecular weight is 478 g/mol. The van der Waals surface area contributed by atoms with E-state index in [1.54, 1.807) is 11.6 Å². The molecule has 1 unspecified atom stereocenters. The van der Waals surface area contributed by atoms with Crippen molar-refractivity contribution >= 4 is 10.9 Å². The maximum absolute atomic E-state index is 13.8. The Bertz CT molecular complexity index is 1820. The molecule has 0 saturated carbocycles. The lowest BCUT2D eigenvalue weighted by atomic mass is 10.0. The Morgan fingerprint density at radius 3 is 2.31 bits per heavy atom. The number of hydrogen-bond acceptors (Lipinski definition) is 3. The lowest BCUT2D eigenvalue weighted by Crippen LogP contribution is -2.37. The quantitative estimate of drug-likeness (QED) is 0.355. The third kappa shape index (κ3) is 3.04. The van der Waals surface area contributed by atoms with Gasteiger partial charge in [0.2, 0.25) is 0 Å². The van der Waals surface area contributed by atoms with Crippen LogP contribution in [0.5, 0.6) is 5.75 Å². The van der Waals surface area contributed by atoms with Crippen LogP contribution in [0.4, 0.5) is 0 Å². The van der Waals surface area contributed by atoms with E-state index in [9.17, 15) is 9.59 Å². The summed E-state index contributed by atoms with van der Waals surface area (Å²) in [5.74, 6) is 0.733. The molecule has 6 nitrogen and oxygen atoms in total. The zero-order valence-electron chi connectivity index (χ0n) is 21.0. The summed E-state index contributed by atoms with van der Waals surface area (Å²) in [4.78, 5) is 27.0. The first kappa shape index (κ1) is 22.2. The molecule has 1 atom stereocenters. The van der Waals surface area contributed by atoms with Crippen molar-refractivity contribution in [3.8, 4) is 22.7 Å². The van der Waals surface area contributed by atoms with Crippen molar-refractivity contribution in [2.45, 2.75) is 26.9 Å². The Balaban J connectivity index is 1.90. The molecule has 0 aliphatic carbocycles. The van der Waals surface area contributed by atoms with Crippen molar-refractivity contribution < 1.29 is 4.74 Å². The van der Waals surface area contributed by atoms with Gasteiger partial charge in [-0.2, -0.15) is 0 Å². The smallest absolute Gasteiger partial charge is 0.331 e. The van der Waals surface area contributed by atoms with Crippen LogP contribution in [-0.4, -0.2) is 13.7 Å². The maximum atomic E-state index is 13.8. The molecule has 0 saturated heterocycles. The molecule has 5 aromatic rings. The fourth-order valence-corrected chi connectivity index (χ4v) is 5.42. The summed E-state index contributed by atoms with van der Waals surface area (Å²) in [6.07, 6.45) is -0.502. The zero-order chi connectivity index (χ0) is 25.3. The monoisotopic (exact) mass is 477 g/mol. The molecule has 3 aromatic carbocycles. The van der Waals surface area contributed by atoms with Crippen LogP contribution in [0.3, 0.4) is 0 Å². The molecule has 0 spiro atoms. The summed E-state index contributed by atoms with van der Waals surface area (Å²) >= 11 is 0. The second-order valence-corrected chi connectivity index (χ2v) is 9.70. The highest BCUT2D eigenvalue weighted by atomic mass is 16.5. The standard InChI is InChI=1S/C30H27N3O3/c1-17-9-8-11-20(15-17)28-27-26-24(29(34)32(5)30(35)31(26)4)25(21-12-7-6-10-19(21)3)33(27)22-16-18(2)13-14-23(22)36-28/h6-16,28H,1-5H3. The predicted octanol–water partition coefficient (Wildman–Crippen LogP) is 5.10. The van der Waals surface area contributed by atoms with Crippen LogP contribution in [0.15, 0.2) is 76.3 Å². The minimum Gasteiger partial charge on any atom is -0.477 e. The minimum atomic E-state index is -0.502. The topological polar surface area (TPSA) is 58.2 Å². The Kier molecular flexibility index (Phi) is 4.83. The number of benzene rings is 3. The first-order valence-electron chi connectivity index (χ1n) is 12.0. The van der Waals surface area contributed by atoms with Crippen molar-refractivity contribution in [2.24, 2.45) is 14.1 Å². The molecule has 0 N–H and O–H groups in total. The molecule has 1 aliphatic heterocycles. The second kappa shape index (κ2) is 7.85. The van der Waals surface area contributed by atoms with Gasteiger partial charge in [0.25, 0.3) is 5.56 Å². The Morgan fingerprint density at radius 2 is 1.56 bits per heavy atom. The molecule has 0 bridgehead atoms. The van der Waals surface area contributed by atoms with Gasteiger partial charge in [-0.1, -0.05) is 60.2 Å². The molecule has 6 rings (SSSR count). The Hall–Kier alpha value is -4.32. The van der Waals surface area contributed by atoms with E-state index in [1.165, 1.54) is 11.6 Å². The summed E-state index contributed by atoms with van der Waals surface area (Å²) in [5, 5.41) is 0.513. The molecular formula is C30H27N3O3. The minimum absolute atomic E-state index is 0.314. The molecular weight excluding hydrogens is 450 g/mol. The zero-order valence-corrected chi connectivity index (χ0v) is 21.0. The maximum Gasteiger partial charge on any atom is 0.331 e. The molecule has 36 heavy (non-hydrogen) atoms. The highest BCUT2D eigenvalue weighted by Gasteiger charge is 2.36. The molecule has 0 fully saturated rings. The predicted molar refractivity (Wildman–Crippen MR) is 142 cm³/mol. The lowest BCUT2D eigenvalue weighted by Gasteiger charge is -2.30. The molecule has 0 amide bonds. The van der Waals surface area contributed by atoms with Crippen LogP contribution in [0.25, 0.3) is 27.8 Å². The molecule has 180 valence electrons. The SMILES string of the molecule is Cc1cccc(C2Oc3ccc(C)cc3-n3c(-c4ccccc4C)c4c(=O)n(C)c(=O)n(C)c4c32)c1. The highest BCUT2D eigenvalue weighted by molar-refractivity contribution is 5.99. The van der Waals surface area contributed by atoms with Crippen LogP contribution >= 0.6 is 0 Å². The van der Waals surface area contributed by atoms with E-state index in [0.717, 1.165) is 50.6 Å². The van der Waals surface area contributed by atoms with Crippen molar-refractivity contribution in [2.75, 3.05) is 0 Å². The van der Waals surface area contributed by atoms with E-state index in [2.05, 4.69) is 16.7 Å². The average Bonchev–Trinajstić information content (AvgIpc) is 3.22. The lowest BCUT2D eigenvalue weighted by molar-refractivity contribution is 0.229. The number of nitrogens with zero attached hydrogens (tertiary/aromatic N) is 3. The van der Waals surface area contributed by atoms with Gasteiger partial charge in [0.05, 0.1) is 28.0 Å².